The number of rotatable bonds is 5. The summed E-state index contributed by atoms with van der Waals surface area (Å²) < 4.78 is 10.8. The molecule has 1 aliphatic rings. The van der Waals surface area contributed by atoms with E-state index in [9.17, 15) is 0 Å². The van der Waals surface area contributed by atoms with Crippen LogP contribution in [0.1, 0.15) is 11.1 Å². The zero-order valence-electron chi connectivity index (χ0n) is 15.1. The van der Waals surface area contributed by atoms with Crippen molar-refractivity contribution in [3.05, 3.63) is 52.5 Å². The highest BCUT2D eigenvalue weighted by atomic mass is 35.5. The molecule has 1 heterocycles. The van der Waals surface area contributed by atoms with Gasteiger partial charge < -0.3 is 14.4 Å². The van der Waals surface area contributed by atoms with Gasteiger partial charge in [-0.3, -0.25) is 4.90 Å². The van der Waals surface area contributed by atoms with Crippen molar-refractivity contribution in [2.24, 2.45) is 0 Å². The van der Waals surface area contributed by atoms with Crippen molar-refractivity contribution < 1.29 is 9.47 Å². The molecule has 0 aliphatic carbocycles. The Balaban J connectivity index is 1.64. The Morgan fingerprint density at radius 2 is 1.76 bits per heavy atom. The van der Waals surface area contributed by atoms with Gasteiger partial charge in [-0.2, -0.15) is 0 Å². The Morgan fingerprint density at radius 3 is 2.44 bits per heavy atom. The first-order chi connectivity index (χ1) is 12.1. The van der Waals surface area contributed by atoms with Gasteiger partial charge in [-0.25, -0.2) is 0 Å². The summed E-state index contributed by atoms with van der Waals surface area (Å²) in [6.45, 7) is 6.88. The van der Waals surface area contributed by atoms with Crippen molar-refractivity contribution in [1.29, 1.82) is 0 Å². The molecule has 25 heavy (non-hydrogen) atoms. The fourth-order valence-electron chi connectivity index (χ4n) is 3.25. The molecule has 2 aromatic carbocycles. The van der Waals surface area contributed by atoms with Crippen LogP contribution in [0.2, 0.25) is 5.02 Å². The number of piperazine rings is 1. The monoisotopic (exact) mass is 360 g/mol. The molecular formula is C20H25ClN2O2. The topological polar surface area (TPSA) is 24.9 Å². The maximum atomic E-state index is 6.48. The third kappa shape index (κ3) is 4.02. The van der Waals surface area contributed by atoms with Gasteiger partial charge in [0, 0.05) is 44.4 Å². The van der Waals surface area contributed by atoms with E-state index in [1.807, 2.05) is 12.1 Å². The van der Waals surface area contributed by atoms with E-state index in [0.717, 1.165) is 60.5 Å². The maximum Gasteiger partial charge on any atom is 0.127 e. The van der Waals surface area contributed by atoms with Gasteiger partial charge in [-0.1, -0.05) is 29.8 Å². The lowest BCUT2D eigenvalue weighted by Crippen LogP contribution is -2.46. The van der Waals surface area contributed by atoms with Crippen molar-refractivity contribution in [2.45, 2.75) is 13.5 Å². The predicted octanol–water partition coefficient (Wildman–Crippen LogP) is 3.99. The lowest BCUT2D eigenvalue weighted by Gasteiger charge is -2.36. The molecule has 0 radical (unpaired) electrons. The molecule has 0 spiro atoms. The second-order valence-electron chi connectivity index (χ2n) is 6.35. The van der Waals surface area contributed by atoms with Gasteiger partial charge in [-0.05, 0) is 24.6 Å². The Hall–Kier alpha value is -1.91. The van der Waals surface area contributed by atoms with Gasteiger partial charge in [0.25, 0.3) is 0 Å². The average Bonchev–Trinajstić information content (AvgIpc) is 2.65. The van der Waals surface area contributed by atoms with Crippen molar-refractivity contribution in [2.75, 3.05) is 45.3 Å². The minimum absolute atomic E-state index is 0.819. The van der Waals surface area contributed by atoms with Crippen LogP contribution in [0.3, 0.4) is 0 Å². The molecule has 134 valence electrons. The number of ether oxygens (including phenoxy) is 2. The molecule has 0 unspecified atom stereocenters. The normalized spacial score (nSPS) is 15.3. The average molecular weight is 361 g/mol. The number of halogens is 1. The summed E-state index contributed by atoms with van der Waals surface area (Å²) in [5.41, 5.74) is 3.46. The Bertz CT molecular complexity index is 728. The number of aryl methyl sites for hydroxylation is 1. The highest BCUT2D eigenvalue weighted by molar-refractivity contribution is 6.34. The second kappa shape index (κ2) is 7.98. The van der Waals surface area contributed by atoms with Crippen LogP contribution in [-0.4, -0.2) is 45.3 Å². The van der Waals surface area contributed by atoms with Crippen LogP contribution >= 0.6 is 11.6 Å². The molecule has 0 bridgehead atoms. The molecule has 0 aromatic heterocycles. The van der Waals surface area contributed by atoms with Crippen LogP contribution in [0.25, 0.3) is 0 Å². The van der Waals surface area contributed by atoms with Gasteiger partial charge in [0.2, 0.25) is 0 Å². The minimum atomic E-state index is 0.819. The summed E-state index contributed by atoms with van der Waals surface area (Å²) in [7, 11) is 3.38. The van der Waals surface area contributed by atoms with Crippen LogP contribution < -0.4 is 14.4 Å². The van der Waals surface area contributed by atoms with Gasteiger partial charge in [-0.15, -0.1) is 0 Å². The van der Waals surface area contributed by atoms with Crippen LogP contribution in [0.4, 0.5) is 5.69 Å². The van der Waals surface area contributed by atoms with Crippen LogP contribution in [-0.2, 0) is 6.54 Å². The zero-order valence-corrected chi connectivity index (χ0v) is 15.8. The van der Waals surface area contributed by atoms with E-state index >= 15 is 0 Å². The fourth-order valence-corrected chi connectivity index (χ4v) is 3.49. The standard InChI is InChI=1S/C20H25ClN2O2/c1-15-5-4-6-18(20(15)21)23-11-9-22(10-12-23)14-16-7-8-17(24-2)13-19(16)25-3/h4-8,13H,9-12,14H2,1-3H3. The summed E-state index contributed by atoms with van der Waals surface area (Å²) >= 11 is 6.48. The third-order valence-corrected chi connectivity index (χ3v) is 5.26. The Labute approximate surface area is 154 Å². The summed E-state index contributed by atoms with van der Waals surface area (Å²) in [4.78, 5) is 4.82. The quantitative estimate of drug-likeness (QED) is 0.805. The van der Waals surface area contributed by atoms with Gasteiger partial charge >= 0.3 is 0 Å². The maximum absolute atomic E-state index is 6.48. The molecule has 4 nitrogen and oxygen atoms in total. The zero-order chi connectivity index (χ0) is 17.8. The molecule has 2 aromatic rings. The van der Waals surface area contributed by atoms with Crippen molar-refractivity contribution in [3.63, 3.8) is 0 Å². The number of methoxy groups -OCH3 is 2. The van der Waals surface area contributed by atoms with E-state index in [0.29, 0.717) is 0 Å². The molecule has 1 aliphatic heterocycles. The number of hydrogen-bond acceptors (Lipinski definition) is 4. The second-order valence-corrected chi connectivity index (χ2v) is 6.73. The molecule has 0 atom stereocenters. The lowest BCUT2D eigenvalue weighted by molar-refractivity contribution is 0.246. The predicted molar refractivity (Wildman–Crippen MR) is 103 cm³/mol. The first-order valence-corrected chi connectivity index (χ1v) is 8.93. The van der Waals surface area contributed by atoms with Crippen molar-refractivity contribution in [1.82, 2.24) is 4.90 Å². The summed E-state index contributed by atoms with van der Waals surface area (Å²) in [6.07, 6.45) is 0. The molecule has 0 amide bonds. The van der Waals surface area contributed by atoms with E-state index < -0.39 is 0 Å². The molecule has 5 heteroatoms. The van der Waals surface area contributed by atoms with Crippen molar-refractivity contribution >= 4 is 17.3 Å². The van der Waals surface area contributed by atoms with E-state index in [1.165, 1.54) is 5.56 Å². The highest BCUT2D eigenvalue weighted by Gasteiger charge is 2.20. The van der Waals surface area contributed by atoms with Gasteiger partial charge in [0.05, 0.1) is 24.9 Å². The van der Waals surface area contributed by atoms with Crippen LogP contribution in [0.5, 0.6) is 11.5 Å². The fraction of sp³-hybridized carbons (Fsp3) is 0.400. The van der Waals surface area contributed by atoms with Crippen LogP contribution in [0.15, 0.2) is 36.4 Å². The first-order valence-electron chi connectivity index (χ1n) is 8.55. The van der Waals surface area contributed by atoms with E-state index in [2.05, 4.69) is 41.0 Å². The summed E-state index contributed by atoms with van der Waals surface area (Å²) in [5, 5.41) is 0.868. The molecule has 3 rings (SSSR count). The SMILES string of the molecule is COc1ccc(CN2CCN(c3cccc(C)c3Cl)CC2)c(OC)c1. The highest BCUT2D eigenvalue weighted by Crippen LogP contribution is 2.30. The van der Waals surface area contributed by atoms with Gasteiger partial charge in [0.1, 0.15) is 11.5 Å². The molecule has 0 N–H and O–H groups in total. The number of anilines is 1. The lowest BCUT2D eigenvalue weighted by atomic mass is 10.1. The van der Waals surface area contributed by atoms with Gasteiger partial charge in [0.15, 0.2) is 0 Å². The van der Waals surface area contributed by atoms with Crippen molar-refractivity contribution in [3.8, 4) is 11.5 Å². The third-order valence-electron chi connectivity index (χ3n) is 4.77. The smallest absolute Gasteiger partial charge is 0.127 e. The molecular weight excluding hydrogens is 336 g/mol. The Kier molecular flexibility index (Phi) is 5.71. The number of nitrogens with zero attached hydrogens (tertiary/aromatic N) is 2. The number of benzene rings is 2. The number of hydrogen-bond donors (Lipinski definition) is 0. The molecule has 0 saturated carbocycles. The Morgan fingerprint density at radius 1 is 1.00 bits per heavy atom. The minimum Gasteiger partial charge on any atom is -0.497 e. The molecule has 1 saturated heterocycles. The van der Waals surface area contributed by atoms with E-state index in [1.54, 1.807) is 14.2 Å². The largest absolute Gasteiger partial charge is 0.497 e. The molecule has 1 fully saturated rings. The van der Waals surface area contributed by atoms with E-state index in [-0.39, 0.29) is 0 Å². The van der Waals surface area contributed by atoms with E-state index in [4.69, 9.17) is 21.1 Å². The van der Waals surface area contributed by atoms with Crippen LogP contribution in [0, 0.1) is 6.92 Å². The summed E-state index contributed by atoms with van der Waals surface area (Å²) in [5.74, 6) is 1.70. The summed E-state index contributed by atoms with van der Waals surface area (Å²) in [6, 6.07) is 12.3. The first kappa shape index (κ1) is 17.9.